The molecule has 0 aromatic rings. The average molecular weight is 225 g/mol. The highest BCUT2D eigenvalue weighted by atomic mass is 15.2. The smallest absolute Gasteiger partial charge is 0.0139 e. The second-order valence-corrected chi connectivity index (χ2v) is 5.73. The summed E-state index contributed by atoms with van der Waals surface area (Å²) in [5.41, 5.74) is 5.84. The van der Waals surface area contributed by atoms with Crippen molar-refractivity contribution in [2.75, 3.05) is 39.3 Å². The number of rotatable bonds is 4. The van der Waals surface area contributed by atoms with Gasteiger partial charge in [-0.1, -0.05) is 0 Å². The van der Waals surface area contributed by atoms with Crippen LogP contribution in [0.2, 0.25) is 0 Å². The number of likely N-dealkylation sites (tertiary alicyclic amines) is 2. The normalized spacial score (nSPS) is 27.4. The fourth-order valence-corrected chi connectivity index (χ4v) is 3.09. The summed E-state index contributed by atoms with van der Waals surface area (Å²) in [5, 5.41) is 0. The summed E-state index contributed by atoms with van der Waals surface area (Å²) in [5.74, 6) is 0.947. The Hall–Kier alpha value is -0.120. The average Bonchev–Trinajstić information content (AvgIpc) is 2.73. The van der Waals surface area contributed by atoms with Crippen LogP contribution in [0.1, 0.15) is 32.6 Å². The molecule has 2 aliphatic rings. The van der Waals surface area contributed by atoms with E-state index in [0.717, 1.165) is 12.5 Å². The van der Waals surface area contributed by atoms with Crippen LogP contribution in [-0.4, -0.2) is 55.1 Å². The first-order valence-electron chi connectivity index (χ1n) is 6.94. The zero-order chi connectivity index (χ0) is 11.4. The molecule has 16 heavy (non-hydrogen) atoms. The van der Waals surface area contributed by atoms with Gasteiger partial charge in [0.2, 0.25) is 0 Å². The number of hydrogen-bond donors (Lipinski definition) is 1. The van der Waals surface area contributed by atoms with Gasteiger partial charge in [0.25, 0.3) is 0 Å². The zero-order valence-electron chi connectivity index (χ0n) is 10.7. The topological polar surface area (TPSA) is 32.5 Å². The number of hydrogen-bond acceptors (Lipinski definition) is 3. The molecule has 0 bridgehead atoms. The lowest BCUT2D eigenvalue weighted by molar-refractivity contribution is 0.150. The van der Waals surface area contributed by atoms with Crippen molar-refractivity contribution in [1.82, 2.24) is 9.80 Å². The van der Waals surface area contributed by atoms with Gasteiger partial charge < -0.3 is 15.5 Å². The van der Waals surface area contributed by atoms with Crippen LogP contribution in [0.3, 0.4) is 0 Å². The Morgan fingerprint density at radius 2 is 1.69 bits per heavy atom. The van der Waals surface area contributed by atoms with E-state index < -0.39 is 0 Å². The third-order valence-corrected chi connectivity index (χ3v) is 3.97. The van der Waals surface area contributed by atoms with Gasteiger partial charge in [-0.25, -0.2) is 0 Å². The molecule has 3 nitrogen and oxygen atoms in total. The summed E-state index contributed by atoms with van der Waals surface area (Å²) in [6.45, 7) is 9.76. The molecule has 2 aliphatic heterocycles. The molecule has 1 atom stereocenters. The molecule has 0 amide bonds. The molecule has 0 aromatic carbocycles. The first-order valence-corrected chi connectivity index (χ1v) is 6.94. The minimum Gasteiger partial charge on any atom is -0.327 e. The molecule has 0 aliphatic carbocycles. The van der Waals surface area contributed by atoms with E-state index in [1.807, 2.05) is 0 Å². The van der Waals surface area contributed by atoms with Crippen molar-refractivity contribution in [1.29, 1.82) is 0 Å². The molecule has 3 heteroatoms. The molecule has 0 unspecified atom stereocenters. The second-order valence-electron chi connectivity index (χ2n) is 5.73. The van der Waals surface area contributed by atoms with Gasteiger partial charge in [0.15, 0.2) is 0 Å². The van der Waals surface area contributed by atoms with Crippen molar-refractivity contribution in [2.45, 2.75) is 38.6 Å². The summed E-state index contributed by atoms with van der Waals surface area (Å²) in [6, 6.07) is 0.329. The first kappa shape index (κ1) is 12.3. The molecular formula is C13H27N3. The van der Waals surface area contributed by atoms with Crippen LogP contribution >= 0.6 is 0 Å². The molecule has 2 N–H and O–H groups in total. The Bertz CT molecular complexity index is 191. The lowest BCUT2D eigenvalue weighted by Gasteiger charge is -2.34. The quantitative estimate of drug-likeness (QED) is 0.779. The largest absolute Gasteiger partial charge is 0.327 e. The van der Waals surface area contributed by atoms with Crippen molar-refractivity contribution in [3.63, 3.8) is 0 Å². The summed E-state index contributed by atoms with van der Waals surface area (Å²) >= 11 is 0. The Balaban J connectivity index is 1.64. The minimum atomic E-state index is 0.329. The van der Waals surface area contributed by atoms with E-state index in [1.54, 1.807) is 0 Å². The van der Waals surface area contributed by atoms with Crippen molar-refractivity contribution < 1.29 is 0 Å². The van der Waals surface area contributed by atoms with Gasteiger partial charge in [-0.3, -0.25) is 0 Å². The van der Waals surface area contributed by atoms with E-state index in [9.17, 15) is 0 Å². The maximum atomic E-state index is 5.84. The predicted molar refractivity (Wildman–Crippen MR) is 68.5 cm³/mol. The van der Waals surface area contributed by atoms with Crippen LogP contribution in [-0.2, 0) is 0 Å². The van der Waals surface area contributed by atoms with Gasteiger partial charge in [-0.05, 0) is 64.7 Å². The summed E-state index contributed by atoms with van der Waals surface area (Å²) < 4.78 is 0. The third kappa shape index (κ3) is 3.72. The van der Waals surface area contributed by atoms with Crippen molar-refractivity contribution in [3.05, 3.63) is 0 Å². The fraction of sp³-hybridized carbons (Fsp3) is 1.00. The highest BCUT2D eigenvalue weighted by Crippen LogP contribution is 2.20. The monoisotopic (exact) mass is 225 g/mol. The van der Waals surface area contributed by atoms with Crippen LogP contribution in [0.5, 0.6) is 0 Å². The molecule has 0 saturated carbocycles. The molecular weight excluding hydrogens is 198 g/mol. The van der Waals surface area contributed by atoms with E-state index in [-0.39, 0.29) is 0 Å². The van der Waals surface area contributed by atoms with Gasteiger partial charge in [0.1, 0.15) is 0 Å². The van der Waals surface area contributed by atoms with Crippen molar-refractivity contribution in [3.8, 4) is 0 Å². The van der Waals surface area contributed by atoms with Crippen LogP contribution in [0.4, 0.5) is 0 Å². The fourth-order valence-electron chi connectivity index (χ4n) is 3.09. The van der Waals surface area contributed by atoms with E-state index in [1.165, 1.54) is 58.4 Å². The predicted octanol–water partition coefficient (Wildman–Crippen LogP) is 1.14. The SMILES string of the molecule is C[C@H](N)CN1CCC(CN2CCCC2)CC1. The summed E-state index contributed by atoms with van der Waals surface area (Å²) in [7, 11) is 0. The van der Waals surface area contributed by atoms with Crippen LogP contribution in [0, 0.1) is 5.92 Å². The lowest BCUT2D eigenvalue weighted by Crippen LogP contribution is -2.42. The first-order chi connectivity index (χ1) is 7.74. The molecule has 2 fully saturated rings. The maximum absolute atomic E-state index is 5.84. The van der Waals surface area contributed by atoms with Crippen LogP contribution in [0.25, 0.3) is 0 Å². The second kappa shape index (κ2) is 5.99. The van der Waals surface area contributed by atoms with E-state index in [4.69, 9.17) is 5.73 Å². The van der Waals surface area contributed by atoms with Crippen LogP contribution < -0.4 is 5.73 Å². The Kier molecular flexibility index (Phi) is 4.62. The molecule has 94 valence electrons. The highest BCUT2D eigenvalue weighted by molar-refractivity contribution is 4.78. The van der Waals surface area contributed by atoms with Gasteiger partial charge in [-0.2, -0.15) is 0 Å². The van der Waals surface area contributed by atoms with Gasteiger partial charge in [0.05, 0.1) is 0 Å². The van der Waals surface area contributed by atoms with Crippen LogP contribution in [0.15, 0.2) is 0 Å². The number of piperidine rings is 1. The third-order valence-electron chi connectivity index (χ3n) is 3.97. The Morgan fingerprint density at radius 3 is 2.25 bits per heavy atom. The van der Waals surface area contributed by atoms with Crippen molar-refractivity contribution >= 4 is 0 Å². The number of nitrogens with two attached hydrogens (primary N) is 1. The lowest BCUT2D eigenvalue weighted by atomic mass is 9.96. The zero-order valence-corrected chi connectivity index (χ0v) is 10.7. The summed E-state index contributed by atoms with van der Waals surface area (Å²) in [6.07, 6.45) is 5.60. The number of nitrogens with zero attached hydrogens (tertiary/aromatic N) is 2. The minimum absolute atomic E-state index is 0.329. The molecule has 0 radical (unpaired) electrons. The van der Waals surface area contributed by atoms with Gasteiger partial charge >= 0.3 is 0 Å². The van der Waals surface area contributed by atoms with E-state index >= 15 is 0 Å². The standard InChI is InChI=1S/C13H27N3/c1-12(14)10-16-8-4-13(5-9-16)11-15-6-2-3-7-15/h12-13H,2-11,14H2,1H3/t12-/m0/s1. The Morgan fingerprint density at radius 1 is 1.06 bits per heavy atom. The Labute approximate surface area is 100.0 Å². The van der Waals surface area contributed by atoms with Crippen molar-refractivity contribution in [2.24, 2.45) is 11.7 Å². The molecule has 0 spiro atoms. The highest BCUT2D eigenvalue weighted by Gasteiger charge is 2.22. The molecule has 0 aromatic heterocycles. The van der Waals surface area contributed by atoms with E-state index in [2.05, 4.69) is 16.7 Å². The molecule has 2 rings (SSSR count). The molecule has 2 heterocycles. The molecule has 2 saturated heterocycles. The van der Waals surface area contributed by atoms with Gasteiger partial charge in [0, 0.05) is 19.1 Å². The van der Waals surface area contributed by atoms with Gasteiger partial charge in [-0.15, -0.1) is 0 Å². The maximum Gasteiger partial charge on any atom is 0.0139 e. The van der Waals surface area contributed by atoms with E-state index in [0.29, 0.717) is 6.04 Å². The summed E-state index contributed by atoms with van der Waals surface area (Å²) in [4.78, 5) is 5.19.